The van der Waals surface area contributed by atoms with Gasteiger partial charge in [-0.05, 0) is 13.8 Å². The van der Waals surface area contributed by atoms with Gasteiger partial charge in [-0.2, -0.15) is 11.8 Å². The molecule has 2 saturated heterocycles. The molecule has 0 spiro atoms. The maximum atomic E-state index is 12.4. The molecule has 5 heteroatoms. The molecule has 2 aliphatic rings. The number of nitrogens with one attached hydrogen (secondary N) is 1. The lowest BCUT2D eigenvalue weighted by atomic mass is 10.0. The highest BCUT2D eigenvalue weighted by Crippen LogP contribution is 2.21. The number of carbonyl (C=O) groups excluding carboxylic acids is 1. The summed E-state index contributed by atoms with van der Waals surface area (Å²) < 4.78 is 5.43. The summed E-state index contributed by atoms with van der Waals surface area (Å²) in [5.41, 5.74) is -0.168. The molecular weight excluding hydrogens is 224 g/mol. The van der Waals surface area contributed by atoms with Crippen molar-refractivity contribution in [2.75, 3.05) is 37.8 Å². The summed E-state index contributed by atoms with van der Waals surface area (Å²) in [7, 11) is 0. The van der Waals surface area contributed by atoms with E-state index in [-0.39, 0.29) is 17.5 Å². The molecule has 1 N–H and O–H groups in total. The van der Waals surface area contributed by atoms with Crippen LogP contribution in [0.2, 0.25) is 0 Å². The SMILES string of the molecule is CC1(C)COCCN1C(=O)C1CSCCN1. The van der Waals surface area contributed by atoms with Gasteiger partial charge in [0.2, 0.25) is 5.91 Å². The lowest BCUT2D eigenvalue weighted by Gasteiger charge is -2.44. The first kappa shape index (κ1) is 12.2. The Balaban J connectivity index is 2.01. The maximum absolute atomic E-state index is 12.4. The van der Waals surface area contributed by atoms with Gasteiger partial charge in [0.25, 0.3) is 0 Å². The van der Waals surface area contributed by atoms with Crippen molar-refractivity contribution in [3.8, 4) is 0 Å². The number of hydrogen-bond acceptors (Lipinski definition) is 4. The highest BCUT2D eigenvalue weighted by atomic mass is 32.2. The van der Waals surface area contributed by atoms with Crippen LogP contribution in [0.4, 0.5) is 0 Å². The molecule has 16 heavy (non-hydrogen) atoms. The predicted octanol–water partition coefficient (Wildman–Crippen LogP) is 0.329. The molecule has 2 heterocycles. The summed E-state index contributed by atoms with van der Waals surface area (Å²) in [4.78, 5) is 14.3. The first-order valence-electron chi connectivity index (χ1n) is 5.81. The Labute approximate surface area is 101 Å². The molecule has 0 bridgehead atoms. The molecule has 0 aliphatic carbocycles. The van der Waals surface area contributed by atoms with Crippen LogP contribution in [0.25, 0.3) is 0 Å². The van der Waals surface area contributed by atoms with Gasteiger partial charge in [0.1, 0.15) is 0 Å². The Morgan fingerprint density at radius 3 is 3.00 bits per heavy atom. The molecule has 1 atom stereocenters. The predicted molar refractivity (Wildman–Crippen MR) is 65.7 cm³/mol. The Bertz CT molecular complexity index is 265. The number of morpholine rings is 1. The average molecular weight is 244 g/mol. The molecule has 0 aromatic carbocycles. The summed E-state index contributed by atoms with van der Waals surface area (Å²) in [5, 5.41) is 3.30. The molecule has 0 saturated carbocycles. The van der Waals surface area contributed by atoms with E-state index in [2.05, 4.69) is 19.2 Å². The van der Waals surface area contributed by atoms with Gasteiger partial charge in [-0.1, -0.05) is 0 Å². The minimum absolute atomic E-state index is 0.00359. The van der Waals surface area contributed by atoms with Crippen LogP contribution in [0, 0.1) is 0 Å². The molecule has 92 valence electrons. The van der Waals surface area contributed by atoms with Gasteiger partial charge < -0.3 is 15.0 Å². The number of amides is 1. The van der Waals surface area contributed by atoms with Crippen LogP contribution in [-0.4, -0.2) is 60.2 Å². The van der Waals surface area contributed by atoms with E-state index in [0.717, 1.165) is 18.1 Å². The van der Waals surface area contributed by atoms with Gasteiger partial charge in [0, 0.05) is 24.6 Å². The van der Waals surface area contributed by atoms with E-state index >= 15 is 0 Å². The average Bonchev–Trinajstić information content (AvgIpc) is 2.29. The molecule has 0 radical (unpaired) electrons. The summed E-state index contributed by atoms with van der Waals surface area (Å²) in [5.74, 6) is 2.24. The second-order valence-corrected chi connectivity index (χ2v) is 6.09. The summed E-state index contributed by atoms with van der Waals surface area (Å²) in [6.45, 7) is 7.09. The van der Waals surface area contributed by atoms with Crippen LogP contribution >= 0.6 is 11.8 Å². The van der Waals surface area contributed by atoms with Crippen molar-refractivity contribution in [2.24, 2.45) is 0 Å². The second-order valence-electron chi connectivity index (χ2n) is 4.94. The minimum atomic E-state index is -0.168. The first-order chi connectivity index (χ1) is 7.61. The van der Waals surface area contributed by atoms with Crippen LogP contribution in [0.5, 0.6) is 0 Å². The summed E-state index contributed by atoms with van der Waals surface area (Å²) in [6.07, 6.45) is 0. The van der Waals surface area contributed by atoms with E-state index in [1.165, 1.54) is 0 Å². The molecule has 4 nitrogen and oxygen atoms in total. The van der Waals surface area contributed by atoms with Crippen LogP contribution in [0.3, 0.4) is 0 Å². The standard InChI is InChI=1S/C11H20N2O2S/c1-11(2)8-15-5-4-13(11)10(14)9-7-16-6-3-12-9/h9,12H,3-8H2,1-2H3. The third-order valence-electron chi connectivity index (χ3n) is 3.13. The first-order valence-corrected chi connectivity index (χ1v) is 6.97. The number of ether oxygens (including phenoxy) is 1. The molecule has 0 aromatic rings. The third-order valence-corrected chi connectivity index (χ3v) is 4.19. The van der Waals surface area contributed by atoms with Crippen molar-refractivity contribution >= 4 is 17.7 Å². The van der Waals surface area contributed by atoms with Crippen LogP contribution < -0.4 is 5.32 Å². The molecular formula is C11H20N2O2S. The fourth-order valence-electron chi connectivity index (χ4n) is 2.18. The van der Waals surface area contributed by atoms with E-state index in [4.69, 9.17) is 4.74 Å². The second kappa shape index (κ2) is 4.94. The van der Waals surface area contributed by atoms with Crippen LogP contribution in [0.15, 0.2) is 0 Å². The number of hydrogen-bond donors (Lipinski definition) is 1. The topological polar surface area (TPSA) is 41.6 Å². The van der Waals surface area contributed by atoms with Gasteiger partial charge in [0.05, 0.1) is 24.8 Å². The van der Waals surface area contributed by atoms with Crippen LogP contribution in [-0.2, 0) is 9.53 Å². The number of carbonyl (C=O) groups is 1. The Hall–Kier alpha value is -0.260. The Morgan fingerprint density at radius 2 is 2.38 bits per heavy atom. The fraction of sp³-hybridized carbons (Fsp3) is 0.909. The third kappa shape index (κ3) is 2.52. The smallest absolute Gasteiger partial charge is 0.241 e. The van der Waals surface area contributed by atoms with E-state index in [1.54, 1.807) is 0 Å². The van der Waals surface area contributed by atoms with E-state index in [0.29, 0.717) is 19.8 Å². The van der Waals surface area contributed by atoms with Crippen molar-refractivity contribution in [2.45, 2.75) is 25.4 Å². The van der Waals surface area contributed by atoms with E-state index in [1.807, 2.05) is 16.7 Å². The zero-order valence-electron chi connectivity index (χ0n) is 9.99. The van der Waals surface area contributed by atoms with Gasteiger partial charge in [0.15, 0.2) is 0 Å². The highest BCUT2D eigenvalue weighted by Gasteiger charge is 2.37. The zero-order valence-corrected chi connectivity index (χ0v) is 10.8. The van der Waals surface area contributed by atoms with Gasteiger partial charge in [-0.15, -0.1) is 0 Å². The van der Waals surface area contributed by atoms with Crippen LogP contribution in [0.1, 0.15) is 13.8 Å². The normalized spacial score (nSPS) is 30.1. The lowest BCUT2D eigenvalue weighted by molar-refractivity contribution is -0.148. The molecule has 1 unspecified atom stereocenters. The summed E-state index contributed by atoms with van der Waals surface area (Å²) >= 11 is 1.85. The quantitative estimate of drug-likeness (QED) is 0.722. The lowest BCUT2D eigenvalue weighted by Crippen LogP contribution is -2.61. The van der Waals surface area contributed by atoms with Gasteiger partial charge in [-0.25, -0.2) is 0 Å². The van der Waals surface area contributed by atoms with E-state index in [9.17, 15) is 4.79 Å². The van der Waals surface area contributed by atoms with Gasteiger partial charge >= 0.3 is 0 Å². The molecule has 2 aliphatic heterocycles. The molecule has 2 rings (SSSR count). The minimum Gasteiger partial charge on any atom is -0.377 e. The maximum Gasteiger partial charge on any atom is 0.241 e. The molecule has 1 amide bonds. The number of rotatable bonds is 1. The number of thioether (sulfide) groups is 1. The van der Waals surface area contributed by atoms with Gasteiger partial charge in [-0.3, -0.25) is 4.79 Å². The number of nitrogens with zero attached hydrogens (tertiary/aromatic N) is 1. The van der Waals surface area contributed by atoms with Crippen molar-refractivity contribution in [3.05, 3.63) is 0 Å². The highest BCUT2D eigenvalue weighted by molar-refractivity contribution is 7.99. The molecule has 0 aromatic heterocycles. The molecule has 2 fully saturated rings. The Kier molecular flexibility index (Phi) is 3.77. The summed E-state index contributed by atoms with van der Waals surface area (Å²) in [6, 6.07) is -0.00359. The van der Waals surface area contributed by atoms with Crippen molar-refractivity contribution in [1.82, 2.24) is 10.2 Å². The Morgan fingerprint density at radius 1 is 1.56 bits per heavy atom. The zero-order chi connectivity index (χ0) is 11.6. The monoisotopic (exact) mass is 244 g/mol. The van der Waals surface area contributed by atoms with Crippen molar-refractivity contribution in [3.63, 3.8) is 0 Å². The van der Waals surface area contributed by atoms with Crippen molar-refractivity contribution < 1.29 is 9.53 Å². The van der Waals surface area contributed by atoms with Crippen molar-refractivity contribution in [1.29, 1.82) is 0 Å². The fourth-order valence-corrected chi connectivity index (χ4v) is 3.10. The largest absolute Gasteiger partial charge is 0.377 e. The van der Waals surface area contributed by atoms with E-state index < -0.39 is 0 Å².